The number of aliphatic carboxylic acids is 1. The van der Waals surface area contributed by atoms with Crippen molar-refractivity contribution in [3.63, 3.8) is 0 Å². The Morgan fingerprint density at radius 3 is 2.53 bits per heavy atom. The van der Waals surface area contributed by atoms with E-state index in [4.69, 9.17) is 0 Å². The third kappa shape index (κ3) is 3.98. The molecule has 0 amide bonds. The van der Waals surface area contributed by atoms with Crippen molar-refractivity contribution in [2.45, 2.75) is 58.4 Å². The number of hydrogen-bond acceptors (Lipinski definition) is 2. The molecule has 1 saturated carbocycles. The van der Waals surface area contributed by atoms with Gasteiger partial charge in [-0.3, -0.25) is 4.79 Å². The first-order valence-corrected chi connectivity index (χ1v) is 7.03. The zero-order chi connectivity index (χ0) is 12.8. The topological polar surface area (TPSA) is 40.5 Å². The molecular weight excluding hydrogens is 214 g/mol. The highest BCUT2D eigenvalue weighted by atomic mass is 16.4. The second kappa shape index (κ2) is 7.00. The molecule has 3 atom stereocenters. The van der Waals surface area contributed by atoms with Crippen molar-refractivity contribution in [1.82, 2.24) is 4.90 Å². The van der Waals surface area contributed by atoms with Crippen molar-refractivity contribution in [3.05, 3.63) is 0 Å². The monoisotopic (exact) mass is 241 g/mol. The maximum atomic E-state index is 11.3. The Balaban J connectivity index is 2.65. The molecule has 0 aromatic heterocycles. The van der Waals surface area contributed by atoms with E-state index in [2.05, 4.69) is 25.8 Å². The minimum atomic E-state index is -0.604. The van der Waals surface area contributed by atoms with Crippen LogP contribution in [0, 0.1) is 11.8 Å². The van der Waals surface area contributed by atoms with E-state index in [-0.39, 0.29) is 12.0 Å². The van der Waals surface area contributed by atoms with Crippen LogP contribution >= 0.6 is 0 Å². The normalized spacial score (nSPS) is 29.5. The van der Waals surface area contributed by atoms with Crippen LogP contribution in [-0.4, -0.2) is 35.6 Å². The lowest BCUT2D eigenvalue weighted by Gasteiger charge is -2.39. The average molecular weight is 241 g/mol. The van der Waals surface area contributed by atoms with Crippen molar-refractivity contribution in [1.29, 1.82) is 0 Å². The van der Waals surface area contributed by atoms with E-state index in [1.807, 2.05) is 0 Å². The first-order valence-electron chi connectivity index (χ1n) is 7.03. The highest BCUT2D eigenvalue weighted by Gasteiger charge is 2.36. The second-order valence-corrected chi connectivity index (χ2v) is 5.46. The van der Waals surface area contributed by atoms with E-state index in [9.17, 15) is 9.90 Å². The molecule has 0 spiro atoms. The van der Waals surface area contributed by atoms with Gasteiger partial charge < -0.3 is 10.0 Å². The fourth-order valence-corrected chi connectivity index (χ4v) is 3.20. The zero-order valence-electron chi connectivity index (χ0n) is 11.5. The lowest BCUT2D eigenvalue weighted by Crippen LogP contribution is -2.45. The van der Waals surface area contributed by atoms with Crippen molar-refractivity contribution >= 4 is 5.97 Å². The summed E-state index contributed by atoms with van der Waals surface area (Å²) in [6.45, 7) is 5.37. The molecule has 3 unspecified atom stereocenters. The van der Waals surface area contributed by atoms with Crippen LogP contribution in [0.5, 0.6) is 0 Å². The Bertz CT molecular complexity index is 242. The quantitative estimate of drug-likeness (QED) is 0.777. The molecule has 17 heavy (non-hydrogen) atoms. The first-order chi connectivity index (χ1) is 8.10. The molecule has 1 N–H and O–H groups in total. The van der Waals surface area contributed by atoms with Gasteiger partial charge in [0.2, 0.25) is 0 Å². The van der Waals surface area contributed by atoms with Crippen LogP contribution in [-0.2, 0) is 4.79 Å². The van der Waals surface area contributed by atoms with Gasteiger partial charge in [0.25, 0.3) is 0 Å². The molecule has 1 aliphatic rings. The Kier molecular flexibility index (Phi) is 5.96. The fourth-order valence-electron chi connectivity index (χ4n) is 3.20. The summed E-state index contributed by atoms with van der Waals surface area (Å²) in [5, 5.41) is 9.32. The van der Waals surface area contributed by atoms with E-state index < -0.39 is 5.97 Å². The smallest absolute Gasteiger partial charge is 0.308 e. The Labute approximate surface area is 105 Å². The number of rotatable bonds is 6. The molecule has 0 aliphatic heterocycles. The number of carboxylic acid groups (broad SMARTS) is 1. The molecule has 0 aromatic rings. The third-order valence-electron chi connectivity index (χ3n) is 4.08. The zero-order valence-corrected chi connectivity index (χ0v) is 11.5. The van der Waals surface area contributed by atoms with E-state index in [0.29, 0.717) is 0 Å². The van der Waals surface area contributed by atoms with Crippen LogP contribution in [0.2, 0.25) is 0 Å². The maximum absolute atomic E-state index is 11.3. The van der Waals surface area contributed by atoms with E-state index in [1.54, 1.807) is 0 Å². The molecule has 1 aliphatic carbocycles. The summed E-state index contributed by atoms with van der Waals surface area (Å²) < 4.78 is 0. The van der Waals surface area contributed by atoms with Crippen LogP contribution in [0.1, 0.15) is 52.4 Å². The summed E-state index contributed by atoms with van der Waals surface area (Å²) in [7, 11) is 2.08. The van der Waals surface area contributed by atoms with Crippen LogP contribution in [0.25, 0.3) is 0 Å². The number of carboxylic acids is 1. The molecule has 3 nitrogen and oxygen atoms in total. The molecule has 0 bridgehead atoms. The van der Waals surface area contributed by atoms with Crippen LogP contribution < -0.4 is 0 Å². The summed E-state index contributed by atoms with van der Waals surface area (Å²) in [6, 6.07) is 0.248. The third-order valence-corrected chi connectivity index (χ3v) is 4.08. The number of nitrogens with zero attached hydrogens (tertiary/aromatic N) is 1. The molecule has 0 heterocycles. The first kappa shape index (κ1) is 14.5. The molecule has 3 heteroatoms. The lowest BCUT2D eigenvalue weighted by atomic mass is 9.76. The maximum Gasteiger partial charge on any atom is 0.308 e. The number of carbonyl (C=O) groups is 1. The predicted molar refractivity (Wildman–Crippen MR) is 70.1 cm³/mol. The fraction of sp³-hybridized carbons (Fsp3) is 0.929. The summed E-state index contributed by atoms with van der Waals surface area (Å²) in [5.41, 5.74) is 0. The molecule has 0 radical (unpaired) electrons. The molecular formula is C14H27NO2. The standard InChI is InChI=1S/C14H27NO2/c1-4-6-11-7-8-12(14(16)17)13(10-11)15(3)9-5-2/h11-13H,4-10H2,1-3H3,(H,16,17). The van der Waals surface area contributed by atoms with Crippen molar-refractivity contribution in [2.75, 3.05) is 13.6 Å². The van der Waals surface area contributed by atoms with E-state index >= 15 is 0 Å². The molecule has 100 valence electrons. The van der Waals surface area contributed by atoms with Crippen LogP contribution in [0.3, 0.4) is 0 Å². The summed E-state index contributed by atoms with van der Waals surface area (Å²) in [4.78, 5) is 13.6. The van der Waals surface area contributed by atoms with Gasteiger partial charge in [-0.1, -0.05) is 26.7 Å². The highest BCUT2D eigenvalue weighted by molar-refractivity contribution is 5.71. The van der Waals surface area contributed by atoms with Crippen LogP contribution in [0.4, 0.5) is 0 Å². The van der Waals surface area contributed by atoms with Gasteiger partial charge in [0, 0.05) is 6.04 Å². The predicted octanol–water partition coefficient (Wildman–Crippen LogP) is 3.00. The molecule has 1 rings (SSSR count). The van der Waals surface area contributed by atoms with Crippen molar-refractivity contribution in [2.24, 2.45) is 11.8 Å². The minimum Gasteiger partial charge on any atom is -0.481 e. The van der Waals surface area contributed by atoms with Gasteiger partial charge in [0.1, 0.15) is 0 Å². The van der Waals surface area contributed by atoms with Gasteiger partial charge in [0.05, 0.1) is 5.92 Å². The Morgan fingerprint density at radius 1 is 1.29 bits per heavy atom. The van der Waals surface area contributed by atoms with E-state index in [1.165, 1.54) is 12.8 Å². The summed E-state index contributed by atoms with van der Waals surface area (Å²) in [5.74, 6) is -0.0209. The van der Waals surface area contributed by atoms with E-state index in [0.717, 1.165) is 38.1 Å². The van der Waals surface area contributed by atoms with Crippen LogP contribution in [0.15, 0.2) is 0 Å². The number of hydrogen-bond donors (Lipinski definition) is 1. The molecule has 0 saturated heterocycles. The van der Waals surface area contributed by atoms with Gasteiger partial charge in [-0.05, 0) is 45.2 Å². The Hall–Kier alpha value is -0.570. The highest BCUT2D eigenvalue weighted by Crippen LogP contribution is 2.34. The van der Waals surface area contributed by atoms with Crippen molar-refractivity contribution < 1.29 is 9.90 Å². The molecule has 1 fully saturated rings. The molecule has 0 aromatic carbocycles. The SMILES string of the molecule is CCCC1CCC(C(=O)O)C(N(C)CCC)C1. The van der Waals surface area contributed by atoms with Gasteiger partial charge in [0.15, 0.2) is 0 Å². The summed E-state index contributed by atoms with van der Waals surface area (Å²) >= 11 is 0. The largest absolute Gasteiger partial charge is 0.481 e. The summed E-state index contributed by atoms with van der Waals surface area (Å²) in [6.07, 6.45) is 6.59. The Morgan fingerprint density at radius 2 is 2.00 bits per heavy atom. The minimum absolute atomic E-state index is 0.153. The average Bonchev–Trinajstić information content (AvgIpc) is 2.29. The van der Waals surface area contributed by atoms with Gasteiger partial charge in [-0.25, -0.2) is 0 Å². The van der Waals surface area contributed by atoms with Gasteiger partial charge in [-0.15, -0.1) is 0 Å². The lowest BCUT2D eigenvalue weighted by molar-refractivity contribution is -0.146. The van der Waals surface area contributed by atoms with Gasteiger partial charge in [-0.2, -0.15) is 0 Å². The second-order valence-electron chi connectivity index (χ2n) is 5.46. The van der Waals surface area contributed by atoms with Crippen molar-refractivity contribution in [3.8, 4) is 0 Å². The van der Waals surface area contributed by atoms with Gasteiger partial charge >= 0.3 is 5.97 Å².